The quantitative estimate of drug-likeness (QED) is 0.283. The molecule has 0 fully saturated rings. The van der Waals surface area contributed by atoms with E-state index >= 15 is 0 Å². The van der Waals surface area contributed by atoms with E-state index in [0.717, 1.165) is 12.2 Å². The molecule has 0 spiro atoms. The van der Waals surface area contributed by atoms with Crippen LogP contribution in [0.2, 0.25) is 0 Å². The van der Waals surface area contributed by atoms with Gasteiger partial charge in [-0.15, -0.1) is 0 Å². The zero-order chi connectivity index (χ0) is 12.0. The van der Waals surface area contributed by atoms with E-state index in [1.807, 2.05) is 6.92 Å². The number of aryl methyl sites for hydroxylation is 1. The number of rotatable bonds is 5. The van der Waals surface area contributed by atoms with Gasteiger partial charge in [0.2, 0.25) is 11.8 Å². The molecule has 7 heteroatoms. The van der Waals surface area contributed by atoms with Crippen LogP contribution in [0.3, 0.4) is 0 Å². The van der Waals surface area contributed by atoms with Crippen LogP contribution in [-0.2, 0) is 17.8 Å². The van der Waals surface area contributed by atoms with Gasteiger partial charge in [0.25, 0.3) is 0 Å². The highest BCUT2D eigenvalue weighted by Gasteiger charge is 2.07. The Morgan fingerprint density at radius 2 is 2.50 bits per heavy atom. The Morgan fingerprint density at radius 1 is 1.75 bits per heavy atom. The van der Waals surface area contributed by atoms with Gasteiger partial charge >= 0.3 is 0 Å². The Morgan fingerprint density at radius 3 is 3.06 bits per heavy atom. The van der Waals surface area contributed by atoms with Gasteiger partial charge in [-0.05, 0) is 0 Å². The first-order chi connectivity index (χ1) is 7.65. The van der Waals surface area contributed by atoms with E-state index in [9.17, 15) is 4.79 Å². The Labute approximate surface area is 92.3 Å². The van der Waals surface area contributed by atoms with Crippen molar-refractivity contribution in [3.8, 4) is 0 Å². The van der Waals surface area contributed by atoms with Gasteiger partial charge in [-0.3, -0.25) is 4.79 Å². The largest absolute Gasteiger partial charge is 0.444 e. The number of nitrogens with two attached hydrogens (primary N) is 1. The first-order valence-corrected chi connectivity index (χ1v) is 4.82. The molecule has 4 N–H and O–H groups in total. The average molecular weight is 226 g/mol. The highest BCUT2D eigenvalue weighted by Crippen LogP contribution is 2.03. The summed E-state index contributed by atoms with van der Waals surface area (Å²) in [5.74, 6) is 0.705. The standard InChI is InChI=1S/C9H14N4O3/c1-2-6-4-12-9(16-6)5-11-8(14)3-7(10)13-15/h4,15H,2-3,5H2,1H3,(H2,10,13)(H,11,14). The zero-order valence-electron chi connectivity index (χ0n) is 8.93. The van der Waals surface area contributed by atoms with Crippen LogP contribution in [0, 0.1) is 0 Å². The molecular weight excluding hydrogens is 212 g/mol. The van der Waals surface area contributed by atoms with E-state index in [-0.39, 0.29) is 24.7 Å². The van der Waals surface area contributed by atoms with Gasteiger partial charge in [0.15, 0.2) is 0 Å². The van der Waals surface area contributed by atoms with Gasteiger partial charge in [-0.25, -0.2) is 4.98 Å². The predicted octanol–water partition coefficient (Wildman–Crippen LogP) is -0.0103. The molecule has 0 atom stereocenters. The molecule has 1 heterocycles. The van der Waals surface area contributed by atoms with E-state index in [0.29, 0.717) is 5.89 Å². The van der Waals surface area contributed by atoms with Crippen molar-refractivity contribution in [3.05, 3.63) is 17.8 Å². The van der Waals surface area contributed by atoms with Crippen molar-refractivity contribution < 1.29 is 14.4 Å². The number of amidine groups is 1. The molecule has 0 radical (unpaired) electrons. The Hall–Kier alpha value is -2.05. The molecule has 0 bridgehead atoms. The van der Waals surface area contributed by atoms with E-state index in [1.165, 1.54) is 0 Å². The topological polar surface area (TPSA) is 114 Å². The molecule has 7 nitrogen and oxygen atoms in total. The zero-order valence-corrected chi connectivity index (χ0v) is 8.93. The summed E-state index contributed by atoms with van der Waals surface area (Å²) < 4.78 is 5.28. The summed E-state index contributed by atoms with van der Waals surface area (Å²) in [6, 6.07) is 0. The molecule has 0 aliphatic heterocycles. The molecule has 16 heavy (non-hydrogen) atoms. The third-order valence-electron chi connectivity index (χ3n) is 1.86. The summed E-state index contributed by atoms with van der Waals surface area (Å²) in [6.07, 6.45) is 2.22. The fourth-order valence-electron chi connectivity index (χ4n) is 1.03. The maximum absolute atomic E-state index is 11.2. The minimum Gasteiger partial charge on any atom is -0.444 e. The summed E-state index contributed by atoms with van der Waals surface area (Å²) in [7, 11) is 0. The highest BCUT2D eigenvalue weighted by molar-refractivity contribution is 5.98. The second-order valence-corrected chi connectivity index (χ2v) is 3.12. The third kappa shape index (κ3) is 3.60. The number of oxime groups is 1. The predicted molar refractivity (Wildman–Crippen MR) is 55.8 cm³/mol. The SMILES string of the molecule is CCc1cnc(CNC(=O)CC(N)=NO)o1. The number of carbonyl (C=O) groups is 1. The summed E-state index contributed by atoms with van der Waals surface area (Å²) in [5.41, 5.74) is 5.17. The number of nitrogens with zero attached hydrogens (tertiary/aromatic N) is 2. The van der Waals surface area contributed by atoms with Crippen LogP contribution >= 0.6 is 0 Å². The Kier molecular flexibility index (Phi) is 4.31. The maximum Gasteiger partial charge on any atom is 0.228 e. The van der Waals surface area contributed by atoms with Crippen LogP contribution in [0.5, 0.6) is 0 Å². The Bertz CT molecular complexity index is 386. The van der Waals surface area contributed by atoms with E-state index in [4.69, 9.17) is 15.4 Å². The molecule has 1 aromatic rings. The lowest BCUT2D eigenvalue weighted by Crippen LogP contribution is -2.28. The highest BCUT2D eigenvalue weighted by atomic mass is 16.4. The molecule has 0 saturated heterocycles. The fraction of sp³-hybridized carbons (Fsp3) is 0.444. The number of amides is 1. The van der Waals surface area contributed by atoms with E-state index < -0.39 is 0 Å². The first-order valence-electron chi connectivity index (χ1n) is 4.82. The minimum atomic E-state index is -0.355. The number of hydrogen-bond acceptors (Lipinski definition) is 5. The molecule has 0 aromatic carbocycles. The van der Waals surface area contributed by atoms with E-state index in [1.54, 1.807) is 6.20 Å². The molecule has 88 valence electrons. The van der Waals surface area contributed by atoms with Crippen molar-refractivity contribution in [1.82, 2.24) is 10.3 Å². The first kappa shape index (κ1) is 12.0. The average Bonchev–Trinajstić information content (AvgIpc) is 2.74. The summed E-state index contributed by atoms with van der Waals surface area (Å²) in [5, 5.41) is 13.5. The number of hydrogen-bond donors (Lipinski definition) is 3. The lowest BCUT2D eigenvalue weighted by Gasteiger charge is -2.00. The fourth-order valence-corrected chi connectivity index (χ4v) is 1.03. The van der Waals surface area contributed by atoms with Crippen molar-refractivity contribution in [2.45, 2.75) is 26.3 Å². The van der Waals surface area contributed by atoms with Crippen molar-refractivity contribution >= 4 is 11.7 Å². The monoisotopic (exact) mass is 226 g/mol. The van der Waals surface area contributed by atoms with Gasteiger partial charge < -0.3 is 20.7 Å². The van der Waals surface area contributed by atoms with Crippen LogP contribution in [0.4, 0.5) is 0 Å². The van der Waals surface area contributed by atoms with Gasteiger partial charge in [-0.1, -0.05) is 12.1 Å². The lowest BCUT2D eigenvalue weighted by atomic mass is 10.4. The normalized spacial score (nSPS) is 11.4. The summed E-state index contributed by atoms with van der Waals surface area (Å²) >= 11 is 0. The second kappa shape index (κ2) is 5.74. The lowest BCUT2D eigenvalue weighted by molar-refractivity contribution is -0.120. The van der Waals surface area contributed by atoms with Crippen molar-refractivity contribution in [1.29, 1.82) is 0 Å². The summed E-state index contributed by atoms with van der Waals surface area (Å²) in [6.45, 7) is 2.14. The number of aromatic nitrogens is 1. The van der Waals surface area contributed by atoms with Crippen molar-refractivity contribution in [3.63, 3.8) is 0 Å². The molecule has 1 amide bonds. The molecule has 0 unspecified atom stereocenters. The van der Waals surface area contributed by atoms with Crippen molar-refractivity contribution in [2.75, 3.05) is 0 Å². The van der Waals surface area contributed by atoms with Gasteiger partial charge in [0, 0.05) is 6.42 Å². The minimum absolute atomic E-state index is 0.140. The summed E-state index contributed by atoms with van der Waals surface area (Å²) in [4.78, 5) is 15.2. The van der Waals surface area contributed by atoms with Gasteiger partial charge in [0.1, 0.15) is 11.6 Å². The molecule has 0 aliphatic carbocycles. The van der Waals surface area contributed by atoms with Crippen molar-refractivity contribution in [2.24, 2.45) is 10.9 Å². The number of carbonyl (C=O) groups excluding carboxylic acids is 1. The molecule has 0 aliphatic rings. The van der Waals surface area contributed by atoms with Crippen LogP contribution < -0.4 is 11.1 Å². The molecule has 0 saturated carbocycles. The van der Waals surface area contributed by atoms with Gasteiger partial charge in [-0.2, -0.15) is 0 Å². The Balaban J connectivity index is 2.37. The third-order valence-corrected chi connectivity index (χ3v) is 1.86. The van der Waals surface area contributed by atoms with Crippen LogP contribution in [0.15, 0.2) is 15.8 Å². The molecular formula is C9H14N4O3. The smallest absolute Gasteiger partial charge is 0.228 e. The number of nitrogens with one attached hydrogen (secondary N) is 1. The van der Waals surface area contributed by atoms with Crippen LogP contribution in [-0.4, -0.2) is 21.9 Å². The second-order valence-electron chi connectivity index (χ2n) is 3.12. The van der Waals surface area contributed by atoms with E-state index in [2.05, 4.69) is 15.5 Å². The van der Waals surface area contributed by atoms with Crippen LogP contribution in [0.1, 0.15) is 25.0 Å². The number of oxazole rings is 1. The van der Waals surface area contributed by atoms with Gasteiger partial charge in [0.05, 0.1) is 19.2 Å². The molecule has 1 aromatic heterocycles. The van der Waals surface area contributed by atoms with Crippen LogP contribution in [0.25, 0.3) is 0 Å². The molecule has 1 rings (SSSR count). The maximum atomic E-state index is 11.2.